The number of nitrogens with zero attached hydrogens (tertiary/aromatic N) is 1. The molecule has 1 amide bonds. The van der Waals surface area contributed by atoms with Gasteiger partial charge in [-0.15, -0.1) is 0 Å². The van der Waals surface area contributed by atoms with E-state index in [4.69, 9.17) is 0 Å². The molecule has 2 aromatic rings. The molecule has 19 heavy (non-hydrogen) atoms. The molecule has 1 aromatic heterocycles. The van der Waals surface area contributed by atoms with Gasteiger partial charge in [-0.25, -0.2) is 0 Å². The first-order valence-corrected chi connectivity index (χ1v) is 8.66. The number of rotatable bonds is 3. The molecule has 0 aliphatic heterocycles. The van der Waals surface area contributed by atoms with Crippen LogP contribution < -0.4 is 5.32 Å². The predicted molar refractivity (Wildman–Crippen MR) is 99.1 cm³/mol. The van der Waals surface area contributed by atoms with Gasteiger partial charge in [-0.2, -0.15) is 5.10 Å². The molecule has 1 atom stereocenters. The van der Waals surface area contributed by atoms with Crippen LogP contribution in [0.4, 0.5) is 0 Å². The minimum atomic E-state index is -0.0717. The predicted octanol–water partition coefficient (Wildman–Crippen LogP) is 3.71. The second-order valence-corrected chi connectivity index (χ2v) is 7.46. The summed E-state index contributed by atoms with van der Waals surface area (Å²) < 4.78 is 3.13. The third-order valence-corrected chi connectivity index (χ3v) is 6.27. The number of nitrogens with one attached hydrogen (secondary N) is 2. The summed E-state index contributed by atoms with van der Waals surface area (Å²) in [7, 11) is 0. The lowest BCUT2D eigenvalue weighted by Crippen LogP contribution is -2.27. The average molecular weight is 593 g/mol. The highest BCUT2D eigenvalue weighted by atomic mass is 127. The molecule has 0 saturated heterocycles. The molecule has 4 nitrogen and oxygen atoms in total. The van der Waals surface area contributed by atoms with E-state index in [0.29, 0.717) is 5.56 Å². The maximum atomic E-state index is 12.3. The van der Waals surface area contributed by atoms with E-state index in [1.54, 1.807) is 12.4 Å². The zero-order valence-corrected chi connectivity index (χ0v) is 16.3. The Morgan fingerprint density at radius 3 is 2.74 bits per heavy atom. The summed E-state index contributed by atoms with van der Waals surface area (Å²) in [5.41, 5.74) is 1.68. The van der Waals surface area contributed by atoms with Gasteiger partial charge in [0.25, 0.3) is 5.91 Å². The van der Waals surface area contributed by atoms with Crippen molar-refractivity contribution in [3.05, 3.63) is 46.4 Å². The second-order valence-electron chi connectivity index (χ2n) is 3.98. The lowest BCUT2D eigenvalue weighted by atomic mass is 10.1. The van der Waals surface area contributed by atoms with Gasteiger partial charge in [-0.3, -0.25) is 9.89 Å². The van der Waals surface area contributed by atoms with E-state index in [0.717, 1.165) is 16.3 Å². The zero-order chi connectivity index (χ0) is 14.0. The molecule has 2 rings (SSSR count). The lowest BCUT2D eigenvalue weighted by molar-refractivity contribution is 0.0939. The van der Waals surface area contributed by atoms with Crippen LogP contribution >= 0.6 is 67.8 Å². The van der Waals surface area contributed by atoms with E-state index in [1.165, 1.54) is 0 Å². The average Bonchev–Trinajstić information content (AvgIpc) is 2.87. The molecule has 0 saturated carbocycles. The fraction of sp³-hybridized carbons (Fsp3) is 0.167. The van der Waals surface area contributed by atoms with Crippen molar-refractivity contribution in [1.82, 2.24) is 15.5 Å². The van der Waals surface area contributed by atoms with E-state index in [9.17, 15) is 4.79 Å². The Balaban J connectivity index is 2.21. The molecule has 0 radical (unpaired) electrons. The largest absolute Gasteiger partial charge is 0.345 e. The van der Waals surface area contributed by atoms with E-state index < -0.39 is 0 Å². The zero-order valence-electron chi connectivity index (χ0n) is 9.88. The van der Waals surface area contributed by atoms with Crippen molar-refractivity contribution >= 4 is 73.7 Å². The molecule has 2 N–H and O–H groups in total. The van der Waals surface area contributed by atoms with Gasteiger partial charge in [0.15, 0.2) is 0 Å². The minimum Gasteiger partial charge on any atom is -0.345 e. The Morgan fingerprint density at radius 1 is 1.37 bits per heavy atom. The number of aromatic nitrogens is 2. The van der Waals surface area contributed by atoms with Gasteiger partial charge in [-0.1, -0.05) is 0 Å². The molecular formula is C12H10I3N3O. The summed E-state index contributed by atoms with van der Waals surface area (Å²) in [5, 5.41) is 9.62. The number of hydrogen-bond acceptors (Lipinski definition) is 2. The van der Waals surface area contributed by atoms with Crippen LogP contribution in [-0.2, 0) is 0 Å². The van der Waals surface area contributed by atoms with E-state index >= 15 is 0 Å². The Labute approximate surface area is 151 Å². The molecule has 1 heterocycles. The minimum absolute atomic E-state index is 0.0606. The normalized spacial score (nSPS) is 12.2. The fourth-order valence-corrected chi connectivity index (χ4v) is 3.98. The van der Waals surface area contributed by atoms with Gasteiger partial charge in [0.05, 0.1) is 17.8 Å². The number of carbonyl (C=O) groups is 1. The molecule has 0 spiro atoms. The van der Waals surface area contributed by atoms with Crippen LogP contribution in [-0.4, -0.2) is 16.1 Å². The van der Waals surface area contributed by atoms with Gasteiger partial charge in [-0.05, 0) is 86.8 Å². The van der Waals surface area contributed by atoms with Gasteiger partial charge < -0.3 is 5.32 Å². The van der Waals surface area contributed by atoms with Crippen molar-refractivity contribution in [2.45, 2.75) is 13.0 Å². The van der Waals surface area contributed by atoms with Crippen molar-refractivity contribution < 1.29 is 4.79 Å². The maximum Gasteiger partial charge on any atom is 0.252 e. The molecule has 0 aliphatic carbocycles. The topological polar surface area (TPSA) is 57.8 Å². The molecule has 1 unspecified atom stereocenters. The Hall–Kier alpha value is 0.0900. The Bertz CT molecular complexity index is 599. The monoisotopic (exact) mass is 593 g/mol. The smallest absolute Gasteiger partial charge is 0.252 e. The van der Waals surface area contributed by atoms with Crippen LogP contribution in [0.15, 0.2) is 24.5 Å². The van der Waals surface area contributed by atoms with Crippen molar-refractivity contribution in [3.63, 3.8) is 0 Å². The summed E-state index contributed by atoms with van der Waals surface area (Å²) in [6.45, 7) is 1.94. The van der Waals surface area contributed by atoms with Crippen molar-refractivity contribution in [1.29, 1.82) is 0 Å². The first kappa shape index (κ1) is 15.5. The van der Waals surface area contributed by atoms with Crippen LogP contribution in [0, 0.1) is 10.7 Å². The number of aromatic amines is 1. The summed E-state index contributed by atoms with van der Waals surface area (Å²) in [4.78, 5) is 12.3. The van der Waals surface area contributed by atoms with E-state index in [-0.39, 0.29) is 11.9 Å². The SMILES string of the molecule is CC(NC(=O)c1cc(I)cc(I)c1I)c1cn[nH]c1. The van der Waals surface area contributed by atoms with Gasteiger partial charge in [0.2, 0.25) is 0 Å². The Morgan fingerprint density at radius 2 is 2.11 bits per heavy atom. The van der Waals surface area contributed by atoms with Crippen molar-refractivity contribution in [2.75, 3.05) is 0 Å². The molecule has 0 bridgehead atoms. The van der Waals surface area contributed by atoms with Gasteiger partial charge >= 0.3 is 0 Å². The number of H-pyrrole nitrogens is 1. The molecular weight excluding hydrogens is 583 g/mol. The summed E-state index contributed by atoms with van der Waals surface area (Å²) in [6.07, 6.45) is 3.50. The van der Waals surface area contributed by atoms with Crippen molar-refractivity contribution in [3.8, 4) is 0 Å². The van der Waals surface area contributed by atoms with Crippen molar-refractivity contribution in [2.24, 2.45) is 0 Å². The highest BCUT2D eigenvalue weighted by Gasteiger charge is 2.16. The summed E-state index contributed by atoms with van der Waals surface area (Å²) in [5.74, 6) is -0.0606. The van der Waals surface area contributed by atoms with Crippen LogP contribution in [0.5, 0.6) is 0 Å². The van der Waals surface area contributed by atoms with E-state index in [1.807, 2.05) is 13.0 Å². The number of halogens is 3. The van der Waals surface area contributed by atoms with Crippen LogP contribution in [0.25, 0.3) is 0 Å². The highest BCUT2D eigenvalue weighted by molar-refractivity contribution is 14.1. The summed E-state index contributed by atoms with van der Waals surface area (Å²) in [6, 6.07) is 3.89. The van der Waals surface area contributed by atoms with Gasteiger partial charge in [0.1, 0.15) is 0 Å². The van der Waals surface area contributed by atoms with E-state index in [2.05, 4.69) is 89.4 Å². The molecule has 1 aromatic carbocycles. The third-order valence-electron chi connectivity index (χ3n) is 2.60. The van der Waals surface area contributed by atoms with Crippen LogP contribution in [0.2, 0.25) is 0 Å². The first-order chi connectivity index (χ1) is 8.99. The van der Waals surface area contributed by atoms with Crippen LogP contribution in [0.1, 0.15) is 28.9 Å². The van der Waals surface area contributed by atoms with Crippen LogP contribution in [0.3, 0.4) is 0 Å². The molecule has 7 heteroatoms. The number of carbonyl (C=O) groups excluding carboxylic acids is 1. The number of hydrogen-bond donors (Lipinski definition) is 2. The Kier molecular flexibility index (Phi) is 5.45. The number of benzene rings is 1. The lowest BCUT2D eigenvalue weighted by Gasteiger charge is -2.14. The maximum absolute atomic E-state index is 12.3. The molecule has 0 fully saturated rings. The number of amides is 1. The first-order valence-electron chi connectivity index (χ1n) is 5.43. The third kappa shape index (κ3) is 3.80. The molecule has 100 valence electrons. The quantitative estimate of drug-likeness (QED) is 0.422. The fourth-order valence-electron chi connectivity index (χ4n) is 1.58. The summed E-state index contributed by atoms with van der Waals surface area (Å²) >= 11 is 6.67. The standard InChI is InChI=1S/C12H10I3N3O/c1-6(7-4-16-17-5-7)18-12(19)9-2-8(13)3-10(14)11(9)15/h2-6H,1H3,(H,16,17)(H,18,19). The van der Waals surface area contributed by atoms with Gasteiger partial charge in [0, 0.05) is 22.5 Å². The molecule has 0 aliphatic rings. The second kappa shape index (κ2) is 6.70. The highest BCUT2D eigenvalue weighted by Crippen LogP contribution is 2.23.